The number of nitrogens with one attached hydrogen (secondary N) is 1. The number of pyridine rings is 1. The lowest BCUT2D eigenvalue weighted by molar-refractivity contribution is -0.192. The number of hydrogen-bond acceptors (Lipinski definition) is 8. The molecule has 1 aromatic carbocycles. The average Bonchev–Trinajstić information content (AvgIpc) is 3.26. The summed E-state index contributed by atoms with van der Waals surface area (Å²) in [6, 6.07) is 8.99. The molecule has 1 atom stereocenters. The molecule has 0 bridgehead atoms. The molecule has 35 heavy (non-hydrogen) atoms. The molecule has 188 valence electrons. The maximum Gasteiger partial charge on any atom is 0.490 e. The predicted octanol–water partition coefficient (Wildman–Crippen LogP) is 3.70. The van der Waals surface area contributed by atoms with Gasteiger partial charge in [0.25, 0.3) is 0 Å². The van der Waals surface area contributed by atoms with Gasteiger partial charge >= 0.3 is 12.1 Å². The molecular formula is C22H24F4N6O3. The summed E-state index contributed by atoms with van der Waals surface area (Å²) in [4.78, 5) is 24.1. The molecule has 1 aliphatic heterocycles. The first-order chi connectivity index (χ1) is 16.6. The van der Waals surface area contributed by atoms with E-state index in [4.69, 9.17) is 20.4 Å². The fourth-order valence-corrected chi connectivity index (χ4v) is 3.88. The van der Waals surface area contributed by atoms with Crippen LogP contribution in [0.1, 0.15) is 12.8 Å². The Morgan fingerprint density at radius 3 is 2.60 bits per heavy atom. The number of alkyl halides is 3. The number of halogens is 4. The first kappa shape index (κ1) is 25.9. The van der Waals surface area contributed by atoms with Crippen LogP contribution >= 0.6 is 0 Å². The minimum atomic E-state index is -5.08. The molecule has 0 amide bonds. The average molecular weight is 496 g/mol. The summed E-state index contributed by atoms with van der Waals surface area (Å²) >= 11 is 0. The summed E-state index contributed by atoms with van der Waals surface area (Å²) in [7, 11) is 3.45. The zero-order valence-electron chi connectivity index (χ0n) is 18.9. The van der Waals surface area contributed by atoms with Gasteiger partial charge in [-0.3, -0.25) is 0 Å². The Labute approximate surface area is 197 Å². The highest BCUT2D eigenvalue weighted by atomic mass is 19.4. The van der Waals surface area contributed by atoms with E-state index in [-0.39, 0.29) is 17.8 Å². The molecule has 0 aliphatic carbocycles. The quantitative estimate of drug-likeness (QED) is 0.453. The van der Waals surface area contributed by atoms with Crippen molar-refractivity contribution >= 4 is 34.5 Å². The molecule has 1 saturated heterocycles. The largest absolute Gasteiger partial charge is 0.490 e. The van der Waals surface area contributed by atoms with Crippen LogP contribution in [0.3, 0.4) is 0 Å². The van der Waals surface area contributed by atoms with E-state index in [9.17, 15) is 17.6 Å². The van der Waals surface area contributed by atoms with E-state index in [2.05, 4.69) is 25.2 Å². The standard InChI is InChI=1S/C20H23FN6O.C2HF3O2/c1-23-18-13-8-9-15(24-19(13)26-20(22)25-18)17-14(21)6-3-7-16(17)27-10-4-5-12(27)11-28-2;3-2(4,5)1(6)7/h3,6-9,12H,4-5,10-11H2,1-2H3,(H3,22,23,24,25,26);(H,6,7). The van der Waals surface area contributed by atoms with Crippen molar-refractivity contribution in [2.45, 2.75) is 25.1 Å². The second-order valence-electron chi connectivity index (χ2n) is 7.63. The van der Waals surface area contributed by atoms with Crippen LogP contribution in [0.2, 0.25) is 0 Å². The molecule has 0 saturated carbocycles. The Morgan fingerprint density at radius 2 is 1.97 bits per heavy atom. The van der Waals surface area contributed by atoms with E-state index in [1.807, 2.05) is 12.1 Å². The van der Waals surface area contributed by atoms with Gasteiger partial charge in [0.2, 0.25) is 5.95 Å². The van der Waals surface area contributed by atoms with E-state index in [0.29, 0.717) is 29.3 Å². The highest BCUT2D eigenvalue weighted by Gasteiger charge is 2.38. The summed E-state index contributed by atoms with van der Waals surface area (Å²) in [6.45, 7) is 1.47. The normalized spacial score (nSPS) is 15.6. The highest BCUT2D eigenvalue weighted by Crippen LogP contribution is 2.37. The van der Waals surface area contributed by atoms with Gasteiger partial charge < -0.3 is 25.8 Å². The van der Waals surface area contributed by atoms with Crippen LogP contribution in [0.4, 0.5) is 35.0 Å². The maximum absolute atomic E-state index is 15.0. The third-order valence-electron chi connectivity index (χ3n) is 5.35. The summed E-state index contributed by atoms with van der Waals surface area (Å²) < 4.78 is 52.1. The molecule has 1 unspecified atom stereocenters. The van der Waals surface area contributed by atoms with Gasteiger partial charge in [0.15, 0.2) is 5.65 Å². The molecular weight excluding hydrogens is 472 g/mol. The lowest BCUT2D eigenvalue weighted by Gasteiger charge is -2.28. The number of fused-ring (bicyclic) bond motifs is 1. The Kier molecular flexibility index (Phi) is 7.89. The number of nitrogens with two attached hydrogens (primary N) is 1. The number of anilines is 3. The van der Waals surface area contributed by atoms with Gasteiger partial charge in [-0.05, 0) is 37.1 Å². The van der Waals surface area contributed by atoms with Crippen LogP contribution in [0, 0.1) is 5.82 Å². The number of aliphatic carboxylic acids is 1. The van der Waals surface area contributed by atoms with Crippen molar-refractivity contribution < 1.29 is 32.2 Å². The number of methoxy groups -OCH3 is 1. The van der Waals surface area contributed by atoms with Gasteiger partial charge in [0.1, 0.15) is 11.6 Å². The Morgan fingerprint density at radius 1 is 1.26 bits per heavy atom. The molecule has 1 aliphatic rings. The summed E-state index contributed by atoms with van der Waals surface area (Å²) in [6.07, 6.45) is -3.02. The number of carboxylic acid groups (broad SMARTS) is 1. The van der Waals surface area contributed by atoms with Gasteiger partial charge in [0, 0.05) is 26.4 Å². The minimum absolute atomic E-state index is 0.120. The van der Waals surface area contributed by atoms with Crippen molar-refractivity contribution in [1.29, 1.82) is 0 Å². The van der Waals surface area contributed by atoms with Crippen molar-refractivity contribution in [2.24, 2.45) is 0 Å². The first-order valence-corrected chi connectivity index (χ1v) is 10.5. The van der Waals surface area contributed by atoms with Crippen LogP contribution in [-0.4, -0.2) is 65.6 Å². The predicted molar refractivity (Wildman–Crippen MR) is 123 cm³/mol. The lowest BCUT2D eigenvalue weighted by Crippen LogP contribution is -2.33. The fourth-order valence-electron chi connectivity index (χ4n) is 3.88. The summed E-state index contributed by atoms with van der Waals surface area (Å²) in [5, 5.41) is 10.8. The molecule has 0 spiro atoms. The van der Waals surface area contributed by atoms with Gasteiger partial charge in [-0.15, -0.1) is 0 Å². The second kappa shape index (κ2) is 10.7. The van der Waals surface area contributed by atoms with Gasteiger partial charge in [0.05, 0.1) is 29.3 Å². The second-order valence-corrected chi connectivity index (χ2v) is 7.63. The molecule has 1 fully saturated rings. The Bertz CT molecular complexity index is 1210. The Hall–Kier alpha value is -3.74. The van der Waals surface area contributed by atoms with E-state index in [1.54, 1.807) is 26.3 Å². The number of nitrogens with zero attached hydrogens (tertiary/aromatic N) is 4. The minimum Gasteiger partial charge on any atom is -0.475 e. The number of ether oxygens (including phenoxy) is 1. The lowest BCUT2D eigenvalue weighted by atomic mass is 10.1. The molecule has 2 aromatic heterocycles. The number of rotatable bonds is 5. The molecule has 3 heterocycles. The summed E-state index contributed by atoms with van der Waals surface area (Å²) in [5.41, 5.74) is 8.04. The van der Waals surface area contributed by atoms with Crippen LogP contribution in [0.15, 0.2) is 30.3 Å². The first-order valence-electron chi connectivity index (χ1n) is 10.5. The summed E-state index contributed by atoms with van der Waals surface area (Å²) in [5.74, 6) is -2.36. The number of aromatic nitrogens is 3. The maximum atomic E-state index is 15.0. The molecule has 9 nitrogen and oxygen atoms in total. The van der Waals surface area contributed by atoms with E-state index < -0.39 is 12.1 Å². The SMILES string of the molecule is CNc1nc(N)nc2nc(-c3c(F)cccc3N3CCCC3COC)ccc12.O=C(O)C(F)(F)F. The van der Waals surface area contributed by atoms with Gasteiger partial charge in [-0.1, -0.05) is 6.07 Å². The number of carboxylic acids is 1. The zero-order chi connectivity index (χ0) is 25.8. The van der Waals surface area contributed by atoms with Crippen molar-refractivity contribution in [1.82, 2.24) is 15.0 Å². The molecule has 4 rings (SSSR count). The monoisotopic (exact) mass is 496 g/mol. The molecule has 13 heteroatoms. The van der Waals surface area contributed by atoms with Crippen molar-refractivity contribution in [3.63, 3.8) is 0 Å². The third-order valence-corrected chi connectivity index (χ3v) is 5.35. The number of carbonyl (C=O) groups is 1. The molecule has 4 N–H and O–H groups in total. The van der Waals surface area contributed by atoms with Gasteiger partial charge in [-0.25, -0.2) is 14.2 Å². The fraction of sp³-hybridized carbons (Fsp3) is 0.364. The van der Waals surface area contributed by atoms with Crippen molar-refractivity contribution in [3.8, 4) is 11.3 Å². The smallest absolute Gasteiger partial charge is 0.475 e. The van der Waals surface area contributed by atoms with Crippen LogP contribution < -0.4 is 16.0 Å². The highest BCUT2D eigenvalue weighted by molar-refractivity contribution is 5.90. The number of benzene rings is 1. The number of nitrogen functional groups attached to an aromatic ring is 1. The third kappa shape index (κ3) is 5.85. The van der Waals surface area contributed by atoms with E-state index in [0.717, 1.165) is 30.5 Å². The van der Waals surface area contributed by atoms with Crippen LogP contribution in [0.5, 0.6) is 0 Å². The number of hydrogen-bond donors (Lipinski definition) is 3. The van der Waals surface area contributed by atoms with Crippen LogP contribution in [-0.2, 0) is 9.53 Å². The van der Waals surface area contributed by atoms with E-state index >= 15 is 0 Å². The Balaban J connectivity index is 0.000000429. The molecule has 0 radical (unpaired) electrons. The van der Waals surface area contributed by atoms with Crippen LogP contribution in [0.25, 0.3) is 22.3 Å². The zero-order valence-corrected chi connectivity index (χ0v) is 18.9. The molecule has 3 aromatic rings. The van der Waals surface area contributed by atoms with Crippen molar-refractivity contribution in [2.75, 3.05) is 43.3 Å². The topological polar surface area (TPSA) is 126 Å². The van der Waals surface area contributed by atoms with Crippen molar-refractivity contribution in [3.05, 3.63) is 36.1 Å². The van der Waals surface area contributed by atoms with E-state index in [1.165, 1.54) is 6.07 Å². The van der Waals surface area contributed by atoms with Gasteiger partial charge in [-0.2, -0.15) is 23.1 Å².